The molecule has 0 unspecified atom stereocenters. The molecule has 102 valence electrons. The molecule has 1 aliphatic heterocycles. The van der Waals surface area contributed by atoms with E-state index in [-0.39, 0.29) is 10.7 Å². The Labute approximate surface area is 112 Å². The maximum absolute atomic E-state index is 12.4. The third-order valence-corrected chi connectivity index (χ3v) is 5.04. The molecular weight excluding hydrogens is 266 g/mol. The molecule has 1 aliphatic rings. The van der Waals surface area contributed by atoms with Gasteiger partial charge in [0.25, 0.3) is 0 Å². The van der Waals surface area contributed by atoms with E-state index in [1.54, 1.807) is 12.1 Å². The molecule has 0 fully saturated rings. The van der Waals surface area contributed by atoms with E-state index in [0.717, 1.165) is 9.87 Å². The molecule has 1 aromatic rings. The van der Waals surface area contributed by atoms with E-state index in [2.05, 4.69) is 0 Å². The molecule has 0 aromatic heterocycles. The van der Waals surface area contributed by atoms with E-state index in [9.17, 15) is 18.3 Å². The van der Waals surface area contributed by atoms with Gasteiger partial charge in [0.2, 0.25) is 10.0 Å². The highest BCUT2D eigenvalue weighted by atomic mass is 32.2. The minimum Gasteiger partial charge on any atom is -0.374 e. The molecule has 2 atom stereocenters. The number of aliphatic hydroxyl groups excluding tert-OH is 1. The first-order valence-electron chi connectivity index (χ1n) is 5.84. The first kappa shape index (κ1) is 13.9. The quantitative estimate of drug-likeness (QED) is 0.871. The average Bonchev–Trinajstić information content (AvgIpc) is 2.34. The molecule has 0 saturated heterocycles. The van der Waals surface area contributed by atoms with Crippen LogP contribution >= 0.6 is 0 Å². The summed E-state index contributed by atoms with van der Waals surface area (Å²) in [5.41, 5.74) is 0.933. The fourth-order valence-corrected chi connectivity index (χ4v) is 3.54. The number of hydrogen-bond acceptors (Lipinski definition) is 4. The zero-order valence-corrected chi connectivity index (χ0v) is 11.5. The highest BCUT2D eigenvalue weighted by molar-refractivity contribution is 7.89. The monoisotopic (exact) mass is 281 g/mol. The van der Waals surface area contributed by atoms with E-state index < -0.39 is 22.3 Å². The first-order valence-corrected chi connectivity index (χ1v) is 7.28. The molecular formula is C13H15NO4S. The Morgan fingerprint density at radius 3 is 2.37 bits per heavy atom. The normalized spacial score (nSPS) is 24.7. The van der Waals surface area contributed by atoms with E-state index in [0.29, 0.717) is 0 Å². The van der Waals surface area contributed by atoms with Crippen molar-refractivity contribution < 1.29 is 18.3 Å². The van der Waals surface area contributed by atoms with Gasteiger partial charge in [0.1, 0.15) is 6.23 Å². The first-order chi connectivity index (χ1) is 8.84. The van der Waals surface area contributed by atoms with Gasteiger partial charge in [0.05, 0.1) is 10.9 Å². The molecule has 1 heterocycles. The van der Waals surface area contributed by atoms with Crippen LogP contribution in [0.2, 0.25) is 0 Å². The molecule has 1 N–H and O–H groups in total. The summed E-state index contributed by atoms with van der Waals surface area (Å²) in [5, 5.41) is 9.82. The maximum Gasteiger partial charge on any atom is 0.246 e. The number of aliphatic hydroxyl groups is 1. The second kappa shape index (κ2) is 4.88. The van der Waals surface area contributed by atoms with Gasteiger partial charge in [-0.1, -0.05) is 17.7 Å². The molecule has 0 aliphatic carbocycles. The van der Waals surface area contributed by atoms with Crippen LogP contribution < -0.4 is 0 Å². The number of benzene rings is 1. The molecule has 0 radical (unpaired) electrons. The summed E-state index contributed by atoms with van der Waals surface area (Å²) in [6.07, 6.45) is 1.06. The summed E-state index contributed by atoms with van der Waals surface area (Å²) in [5.74, 6) is -0.346. The Balaban J connectivity index is 2.47. The summed E-state index contributed by atoms with van der Waals surface area (Å²) in [7, 11) is -3.90. The Morgan fingerprint density at radius 1 is 1.21 bits per heavy atom. The topological polar surface area (TPSA) is 74.7 Å². The molecule has 1 aromatic carbocycles. The van der Waals surface area contributed by atoms with Crippen molar-refractivity contribution in [1.82, 2.24) is 4.31 Å². The van der Waals surface area contributed by atoms with Gasteiger partial charge >= 0.3 is 0 Å². The van der Waals surface area contributed by atoms with Crippen molar-refractivity contribution in [2.24, 2.45) is 0 Å². The predicted molar refractivity (Wildman–Crippen MR) is 69.8 cm³/mol. The Hall–Kier alpha value is -1.50. The Kier molecular flexibility index (Phi) is 3.58. The fourth-order valence-electron chi connectivity index (χ4n) is 1.94. The lowest BCUT2D eigenvalue weighted by atomic mass is 10.1. The fraction of sp³-hybridized carbons (Fsp3) is 0.308. The SMILES string of the molecule is Cc1ccc(S(=O)(=O)N2[C@H](C)C(=O)C=C[C@@H]2O)cc1. The van der Waals surface area contributed by atoms with Crippen LogP contribution in [0.15, 0.2) is 41.3 Å². The lowest BCUT2D eigenvalue weighted by Crippen LogP contribution is -2.50. The number of ketones is 1. The average molecular weight is 281 g/mol. The van der Waals surface area contributed by atoms with Gasteiger partial charge < -0.3 is 5.11 Å². The third kappa shape index (κ3) is 2.47. The van der Waals surface area contributed by atoms with Crippen LogP contribution in [-0.4, -0.2) is 35.9 Å². The van der Waals surface area contributed by atoms with Crippen molar-refractivity contribution in [2.45, 2.75) is 31.0 Å². The Bertz CT molecular complexity index is 619. The van der Waals surface area contributed by atoms with E-state index in [1.165, 1.54) is 31.2 Å². The summed E-state index contributed by atoms with van der Waals surface area (Å²) >= 11 is 0. The summed E-state index contributed by atoms with van der Waals surface area (Å²) in [6.45, 7) is 3.31. The van der Waals surface area contributed by atoms with Gasteiger partial charge in [-0.3, -0.25) is 4.79 Å². The molecule has 0 bridgehead atoms. The van der Waals surface area contributed by atoms with Crippen molar-refractivity contribution in [2.75, 3.05) is 0 Å². The number of carbonyl (C=O) groups excluding carboxylic acids is 1. The van der Waals surface area contributed by atoms with Crippen LogP contribution in [0.3, 0.4) is 0 Å². The van der Waals surface area contributed by atoms with Crippen LogP contribution in [0.4, 0.5) is 0 Å². The third-order valence-electron chi connectivity index (χ3n) is 3.08. The number of carbonyl (C=O) groups is 1. The smallest absolute Gasteiger partial charge is 0.246 e. The number of hydrogen-bond donors (Lipinski definition) is 1. The summed E-state index contributed by atoms with van der Waals surface area (Å²) < 4.78 is 25.7. The highest BCUT2D eigenvalue weighted by Crippen LogP contribution is 2.24. The van der Waals surface area contributed by atoms with Crippen molar-refractivity contribution in [3.8, 4) is 0 Å². The number of sulfonamides is 1. The Morgan fingerprint density at radius 2 is 1.79 bits per heavy atom. The molecule has 6 heteroatoms. The zero-order chi connectivity index (χ0) is 14.2. The van der Waals surface area contributed by atoms with Crippen LogP contribution in [0, 0.1) is 6.92 Å². The van der Waals surface area contributed by atoms with Gasteiger partial charge in [-0.15, -0.1) is 0 Å². The van der Waals surface area contributed by atoms with Crippen LogP contribution in [0.25, 0.3) is 0 Å². The van der Waals surface area contributed by atoms with E-state index in [4.69, 9.17) is 0 Å². The van der Waals surface area contributed by atoms with Gasteiger partial charge in [0, 0.05) is 0 Å². The molecule has 5 nitrogen and oxygen atoms in total. The van der Waals surface area contributed by atoms with Crippen molar-refractivity contribution >= 4 is 15.8 Å². The second-order valence-corrected chi connectivity index (χ2v) is 6.34. The lowest BCUT2D eigenvalue weighted by molar-refractivity contribution is -0.120. The molecule has 2 rings (SSSR count). The maximum atomic E-state index is 12.4. The van der Waals surface area contributed by atoms with Gasteiger partial charge in [-0.25, -0.2) is 8.42 Å². The standard InChI is InChI=1S/C13H15NO4S/c1-9-3-5-11(6-4-9)19(17,18)14-10(2)12(15)7-8-13(14)16/h3-8,10,13,16H,1-2H3/t10-,13+/m1/s1. The van der Waals surface area contributed by atoms with E-state index in [1.807, 2.05) is 6.92 Å². The molecule has 0 spiro atoms. The van der Waals surface area contributed by atoms with Crippen molar-refractivity contribution in [1.29, 1.82) is 0 Å². The van der Waals surface area contributed by atoms with Crippen LogP contribution in [0.1, 0.15) is 12.5 Å². The molecule has 19 heavy (non-hydrogen) atoms. The zero-order valence-electron chi connectivity index (χ0n) is 10.6. The summed E-state index contributed by atoms with van der Waals surface area (Å²) in [6, 6.07) is 5.36. The number of nitrogens with zero attached hydrogens (tertiary/aromatic N) is 1. The number of aryl methyl sites for hydroxylation is 1. The van der Waals surface area contributed by atoms with Gasteiger partial charge in [-0.2, -0.15) is 4.31 Å². The summed E-state index contributed by atoms with van der Waals surface area (Å²) in [4.78, 5) is 11.6. The largest absolute Gasteiger partial charge is 0.374 e. The highest BCUT2D eigenvalue weighted by Gasteiger charge is 2.38. The second-order valence-electron chi connectivity index (χ2n) is 4.50. The van der Waals surface area contributed by atoms with E-state index >= 15 is 0 Å². The van der Waals surface area contributed by atoms with Crippen LogP contribution in [-0.2, 0) is 14.8 Å². The molecule has 0 saturated carbocycles. The number of rotatable bonds is 2. The van der Waals surface area contributed by atoms with Crippen molar-refractivity contribution in [3.05, 3.63) is 42.0 Å². The minimum absolute atomic E-state index is 0.0621. The van der Waals surface area contributed by atoms with Gasteiger partial charge in [-0.05, 0) is 38.1 Å². The van der Waals surface area contributed by atoms with Crippen LogP contribution in [0.5, 0.6) is 0 Å². The van der Waals surface area contributed by atoms with Crippen molar-refractivity contribution in [3.63, 3.8) is 0 Å². The van der Waals surface area contributed by atoms with Gasteiger partial charge in [0.15, 0.2) is 5.78 Å². The lowest BCUT2D eigenvalue weighted by Gasteiger charge is -2.32. The molecule has 0 amide bonds. The predicted octanol–water partition coefficient (Wildman–Crippen LogP) is 0.832. The minimum atomic E-state index is -3.90.